The molecule has 2 aromatic rings. The van der Waals surface area contributed by atoms with Crippen molar-refractivity contribution in [2.24, 2.45) is 0 Å². The Morgan fingerprint density at radius 2 is 2.05 bits per heavy atom. The van der Waals surface area contributed by atoms with E-state index >= 15 is 0 Å². The topological polar surface area (TPSA) is 45.3 Å². The molecule has 1 saturated heterocycles. The summed E-state index contributed by atoms with van der Waals surface area (Å²) in [4.78, 5) is 17.8. The summed E-state index contributed by atoms with van der Waals surface area (Å²) >= 11 is 3.73. The number of aromatic nitrogens is 1. The molecule has 0 aliphatic carbocycles. The second-order valence-electron chi connectivity index (χ2n) is 6.93. The zero-order valence-electron chi connectivity index (χ0n) is 13.2. The molecule has 1 aromatic carbocycles. The molecule has 1 atom stereocenters. The summed E-state index contributed by atoms with van der Waals surface area (Å²) in [6, 6.07) is 4.16. The van der Waals surface area contributed by atoms with E-state index in [1.807, 2.05) is 18.7 Å². The first kappa shape index (κ1) is 14.1. The highest BCUT2D eigenvalue weighted by molar-refractivity contribution is 9.10. The lowest BCUT2D eigenvalue weighted by atomic mass is 9.76. The van der Waals surface area contributed by atoms with Crippen molar-refractivity contribution in [3.05, 3.63) is 33.4 Å². The molecular formula is C17H19BrN2O2. The van der Waals surface area contributed by atoms with Gasteiger partial charge in [0.1, 0.15) is 11.1 Å². The third kappa shape index (κ3) is 1.45. The number of aryl methyl sites for hydroxylation is 1. The number of hydrogen-bond acceptors (Lipinski definition) is 2. The van der Waals surface area contributed by atoms with Gasteiger partial charge in [-0.1, -0.05) is 15.9 Å². The van der Waals surface area contributed by atoms with Crippen LogP contribution >= 0.6 is 15.9 Å². The van der Waals surface area contributed by atoms with Crippen LogP contribution in [-0.2, 0) is 16.7 Å². The van der Waals surface area contributed by atoms with Crippen LogP contribution in [0.15, 0.2) is 16.6 Å². The average molecular weight is 363 g/mol. The van der Waals surface area contributed by atoms with E-state index in [1.165, 1.54) is 16.6 Å². The Kier molecular flexibility index (Phi) is 2.62. The maximum Gasteiger partial charge on any atom is 0.411 e. The largest absolute Gasteiger partial charge is 0.440 e. The maximum atomic E-state index is 12.5. The van der Waals surface area contributed by atoms with E-state index in [0.717, 1.165) is 22.0 Å². The summed E-state index contributed by atoms with van der Waals surface area (Å²) in [7, 11) is 0. The van der Waals surface area contributed by atoms with Crippen LogP contribution in [0, 0.1) is 6.92 Å². The zero-order chi connectivity index (χ0) is 15.9. The molecular weight excluding hydrogens is 344 g/mol. The summed E-state index contributed by atoms with van der Waals surface area (Å²) < 4.78 is 6.75. The van der Waals surface area contributed by atoms with E-state index in [4.69, 9.17) is 4.74 Å². The normalized spacial score (nSPS) is 26.0. The molecule has 1 N–H and O–H groups in total. The number of cyclic esters (lactones) is 1. The second-order valence-corrected chi connectivity index (χ2v) is 7.78. The number of aromatic amines is 1. The number of halogens is 1. The summed E-state index contributed by atoms with van der Waals surface area (Å²) in [6.45, 7) is 8.90. The fourth-order valence-corrected chi connectivity index (χ4v) is 4.82. The van der Waals surface area contributed by atoms with Gasteiger partial charge in [0.25, 0.3) is 0 Å². The molecule has 2 aliphatic rings. The number of nitrogens with zero attached hydrogens (tertiary/aromatic N) is 1. The molecule has 4 nitrogen and oxygen atoms in total. The van der Waals surface area contributed by atoms with Gasteiger partial charge in [0.15, 0.2) is 0 Å². The standard InChI is InChI=1S/C17H19BrN2O2/c1-9-10-7-8-20-15(21)22-16(2,3)17(20,4)14-11(18)5-6-12(19-9)13(10)14/h5-6,19H,7-8H2,1-4H3/t17-/m0/s1. The summed E-state index contributed by atoms with van der Waals surface area (Å²) in [5.74, 6) is 0. The Balaban J connectivity index is 2.17. The number of nitrogens with one attached hydrogen (secondary N) is 1. The smallest absolute Gasteiger partial charge is 0.411 e. The van der Waals surface area contributed by atoms with Crippen molar-refractivity contribution in [1.82, 2.24) is 9.88 Å². The highest BCUT2D eigenvalue weighted by atomic mass is 79.9. The monoisotopic (exact) mass is 362 g/mol. The van der Waals surface area contributed by atoms with E-state index in [1.54, 1.807) is 0 Å². The number of carbonyl (C=O) groups is 1. The van der Waals surface area contributed by atoms with E-state index in [2.05, 4.69) is 46.9 Å². The lowest BCUT2D eigenvalue weighted by Crippen LogP contribution is -2.51. The Morgan fingerprint density at radius 1 is 1.32 bits per heavy atom. The van der Waals surface area contributed by atoms with Crippen LogP contribution in [0.4, 0.5) is 4.79 Å². The molecule has 0 spiro atoms. The van der Waals surface area contributed by atoms with Gasteiger partial charge >= 0.3 is 6.09 Å². The van der Waals surface area contributed by atoms with Crippen molar-refractivity contribution < 1.29 is 9.53 Å². The van der Waals surface area contributed by atoms with Crippen LogP contribution in [-0.4, -0.2) is 28.1 Å². The van der Waals surface area contributed by atoms with Crippen molar-refractivity contribution in [3.63, 3.8) is 0 Å². The van der Waals surface area contributed by atoms with E-state index in [9.17, 15) is 4.79 Å². The van der Waals surface area contributed by atoms with Gasteiger partial charge in [-0.3, -0.25) is 4.90 Å². The van der Waals surface area contributed by atoms with Gasteiger partial charge in [-0.05, 0) is 51.8 Å². The minimum Gasteiger partial charge on any atom is -0.440 e. The molecule has 4 rings (SSSR count). The van der Waals surface area contributed by atoms with Gasteiger partial charge in [-0.2, -0.15) is 0 Å². The first-order valence-electron chi connectivity index (χ1n) is 7.58. The van der Waals surface area contributed by atoms with Crippen LogP contribution in [0.5, 0.6) is 0 Å². The molecule has 1 fully saturated rings. The first-order valence-corrected chi connectivity index (χ1v) is 8.37. The van der Waals surface area contributed by atoms with Gasteiger partial charge < -0.3 is 9.72 Å². The molecule has 2 aliphatic heterocycles. The molecule has 1 amide bonds. The first-order chi connectivity index (χ1) is 10.3. The number of benzene rings is 1. The number of rotatable bonds is 0. The second kappa shape index (κ2) is 4.07. The number of H-pyrrole nitrogens is 1. The van der Waals surface area contributed by atoms with Crippen LogP contribution in [0.25, 0.3) is 10.9 Å². The van der Waals surface area contributed by atoms with Crippen molar-refractivity contribution in [2.45, 2.75) is 45.3 Å². The van der Waals surface area contributed by atoms with Gasteiger partial charge in [-0.15, -0.1) is 0 Å². The number of amides is 1. The van der Waals surface area contributed by atoms with Crippen LogP contribution in [0.1, 0.15) is 37.6 Å². The Hall–Kier alpha value is -1.49. The molecule has 116 valence electrons. The summed E-state index contributed by atoms with van der Waals surface area (Å²) in [5.41, 5.74) is 3.69. The molecule has 3 heterocycles. The average Bonchev–Trinajstić information content (AvgIpc) is 2.74. The highest BCUT2D eigenvalue weighted by Crippen LogP contribution is 2.52. The fourth-order valence-electron chi connectivity index (χ4n) is 4.10. The molecule has 5 heteroatoms. The fraction of sp³-hybridized carbons (Fsp3) is 0.471. The zero-order valence-corrected chi connectivity index (χ0v) is 14.8. The number of hydrogen-bond donors (Lipinski definition) is 1. The summed E-state index contributed by atoms with van der Waals surface area (Å²) in [5, 5.41) is 1.24. The van der Waals surface area contributed by atoms with Crippen LogP contribution in [0.3, 0.4) is 0 Å². The number of fused-ring (bicyclic) bond motifs is 2. The molecule has 1 aromatic heterocycles. The van der Waals surface area contributed by atoms with Gasteiger partial charge in [-0.25, -0.2) is 4.79 Å². The Labute approximate surface area is 137 Å². The van der Waals surface area contributed by atoms with Crippen molar-refractivity contribution >= 4 is 32.9 Å². The molecule has 0 radical (unpaired) electrons. The SMILES string of the molecule is Cc1[nH]c2ccc(Br)c3c2c1CCN1C(=O)OC(C)(C)[C@]31C. The predicted octanol–water partition coefficient (Wildman–Crippen LogP) is 4.24. The highest BCUT2D eigenvalue weighted by Gasteiger charge is 2.60. The third-order valence-electron chi connectivity index (χ3n) is 5.58. The lowest BCUT2D eigenvalue weighted by Gasteiger charge is -2.40. The van der Waals surface area contributed by atoms with Crippen molar-refractivity contribution in [2.75, 3.05) is 6.54 Å². The predicted molar refractivity (Wildman–Crippen MR) is 89.1 cm³/mol. The van der Waals surface area contributed by atoms with Crippen molar-refractivity contribution in [3.8, 4) is 0 Å². The number of carbonyl (C=O) groups excluding carboxylic acids is 1. The summed E-state index contributed by atoms with van der Waals surface area (Å²) in [6.07, 6.45) is 0.624. The number of ether oxygens (including phenoxy) is 1. The van der Waals surface area contributed by atoms with E-state index in [-0.39, 0.29) is 6.09 Å². The van der Waals surface area contributed by atoms with Gasteiger partial charge in [0.2, 0.25) is 0 Å². The van der Waals surface area contributed by atoms with E-state index in [0.29, 0.717) is 6.54 Å². The Morgan fingerprint density at radius 3 is 2.77 bits per heavy atom. The van der Waals surface area contributed by atoms with E-state index < -0.39 is 11.1 Å². The molecule has 0 saturated carbocycles. The molecule has 0 bridgehead atoms. The maximum absolute atomic E-state index is 12.5. The van der Waals surface area contributed by atoms with Crippen LogP contribution < -0.4 is 0 Å². The third-order valence-corrected chi connectivity index (χ3v) is 6.24. The molecule has 0 unspecified atom stereocenters. The van der Waals surface area contributed by atoms with Crippen molar-refractivity contribution in [1.29, 1.82) is 0 Å². The Bertz CT molecular complexity index is 824. The quantitative estimate of drug-likeness (QED) is 0.761. The minimum absolute atomic E-state index is 0.219. The lowest BCUT2D eigenvalue weighted by molar-refractivity contribution is 0.0238. The minimum atomic E-state index is -0.590. The molecule has 22 heavy (non-hydrogen) atoms. The van der Waals surface area contributed by atoms with Gasteiger partial charge in [0.05, 0.1) is 0 Å². The van der Waals surface area contributed by atoms with Gasteiger partial charge in [0, 0.05) is 33.2 Å². The van der Waals surface area contributed by atoms with Crippen LogP contribution in [0.2, 0.25) is 0 Å².